The molecule has 0 saturated carbocycles. The number of nitrogens with zero attached hydrogens (tertiary/aromatic N) is 1. The maximum Gasteiger partial charge on any atom is 0.317 e. The Hall–Kier alpha value is -2.93. The van der Waals surface area contributed by atoms with Crippen LogP contribution in [0.15, 0.2) is 71.2 Å². The number of halogens is 2. The third kappa shape index (κ3) is 4.52. The summed E-state index contributed by atoms with van der Waals surface area (Å²) in [5.41, 5.74) is 3.27. The summed E-state index contributed by atoms with van der Waals surface area (Å²) >= 11 is 14.4. The largest absolute Gasteiger partial charge is 0.465 e. The van der Waals surface area contributed by atoms with Crippen LogP contribution in [0, 0.1) is 12.8 Å². The van der Waals surface area contributed by atoms with E-state index in [4.69, 9.17) is 27.9 Å². The Morgan fingerprint density at radius 3 is 2.54 bits per heavy atom. The molecule has 3 aromatic rings. The molecule has 0 saturated heterocycles. The van der Waals surface area contributed by atoms with Crippen LogP contribution in [0.4, 0.5) is 5.69 Å². The minimum absolute atomic E-state index is 0.0260. The fraction of sp³-hybridized carbons (Fsp3) is 0.276. The van der Waals surface area contributed by atoms with Gasteiger partial charge in [-0.3, -0.25) is 19.3 Å². The molecular formula is C29H25Cl2NO4S. The predicted molar refractivity (Wildman–Crippen MR) is 146 cm³/mol. The van der Waals surface area contributed by atoms with Crippen LogP contribution < -0.4 is 4.90 Å². The molecule has 2 heterocycles. The number of carbonyl (C=O) groups excluding carboxylic acids is 3. The molecule has 0 fully saturated rings. The van der Waals surface area contributed by atoms with Gasteiger partial charge in [-0.05, 0) is 55.0 Å². The Balaban J connectivity index is 1.76. The van der Waals surface area contributed by atoms with Gasteiger partial charge in [0.25, 0.3) is 0 Å². The highest BCUT2D eigenvalue weighted by atomic mass is 35.5. The van der Waals surface area contributed by atoms with Crippen molar-refractivity contribution in [2.45, 2.75) is 38.5 Å². The summed E-state index contributed by atoms with van der Waals surface area (Å²) in [5.74, 6) is -3.09. The van der Waals surface area contributed by atoms with Crippen LogP contribution in [-0.4, -0.2) is 24.3 Å². The summed E-state index contributed by atoms with van der Waals surface area (Å²) in [5, 5.41) is 2.57. The SMILES string of the molecule is CCOC(=O)C1C(=O)C2=C(CC1c1cccs1)N(c1ccccc1C)C(=O)CC2c1cccc(Cl)c1Cl. The molecule has 1 aromatic heterocycles. The first kappa shape index (κ1) is 25.7. The first-order chi connectivity index (χ1) is 17.8. The van der Waals surface area contributed by atoms with E-state index in [-0.39, 0.29) is 24.7 Å². The number of ether oxygens (including phenoxy) is 1. The predicted octanol–water partition coefficient (Wildman–Crippen LogP) is 7.07. The molecule has 3 atom stereocenters. The van der Waals surface area contributed by atoms with Gasteiger partial charge in [-0.15, -0.1) is 11.3 Å². The number of carbonyl (C=O) groups is 3. The topological polar surface area (TPSA) is 63.7 Å². The number of para-hydroxylation sites is 1. The molecule has 1 aliphatic heterocycles. The van der Waals surface area contributed by atoms with Crippen molar-refractivity contribution in [2.75, 3.05) is 11.5 Å². The molecule has 37 heavy (non-hydrogen) atoms. The van der Waals surface area contributed by atoms with Gasteiger partial charge in [0.1, 0.15) is 5.92 Å². The Bertz CT molecular complexity index is 1420. The third-order valence-corrected chi connectivity index (χ3v) is 8.92. The fourth-order valence-electron chi connectivity index (χ4n) is 5.45. The van der Waals surface area contributed by atoms with E-state index in [1.165, 1.54) is 11.3 Å². The lowest BCUT2D eigenvalue weighted by atomic mass is 9.69. The lowest BCUT2D eigenvalue weighted by molar-refractivity contribution is -0.152. The third-order valence-electron chi connectivity index (χ3n) is 7.08. The Morgan fingerprint density at radius 2 is 1.84 bits per heavy atom. The normalized spacial score (nSPS) is 21.7. The number of hydrogen-bond acceptors (Lipinski definition) is 5. The van der Waals surface area contributed by atoms with E-state index >= 15 is 0 Å². The Morgan fingerprint density at radius 1 is 1.05 bits per heavy atom. The molecule has 190 valence electrons. The van der Waals surface area contributed by atoms with E-state index < -0.39 is 23.7 Å². The summed E-state index contributed by atoms with van der Waals surface area (Å²) in [6.45, 7) is 3.83. The highest BCUT2D eigenvalue weighted by molar-refractivity contribution is 7.10. The average molecular weight is 554 g/mol. The van der Waals surface area contributed by atoms with Gasteiger partial charge in [0.15, 0.2) is 5.78 Å². The van der Waals surface area contributed by atoms with Gasteiger partial charge in [-0.2, -0.15) is 0 Å². The standard InChI is InChI=1S/C29H25Cl2NO4S/c1-3-36-29(35)26-19(23-12-7-13-37-23)14-22-25(28(26)34)18(17-9-6-10-20(30)27(17)31)15-24(33)32(22)21-11-5-4-8-16(21)2/h4-13,18-19,26H,3,14-15H2,1-2H3. The molecule has 0 radical (unpaired) electrons. The number of amides is 1. The number of benzene rings is 2. The summed E-state index contributed by atoms with van der Waals surface area (Å²) < 4.78 is 5.39. The number of rotatable bonds is 5. The highest BCUT2D eigenvalue weighted by Crippen LogP contribution is 2.51. The first-order valence-corrected chi connectivity index (χ1v) is 13.8. The fourth-order valence-corrected chi connectivity index (χ4v) is 6.76. The van der Waals surface area contributed by atoms with Gasteiger partial charge < -0.3 is 4.74 Å². The van der Waals surface area contributed by atoms with Crippen molar-refractivity contribution >= 4 is 57.9 Å². The van der Waals surface area contributed by atoms with Crippen molar-refractivity contribution in [3.05, 3.63) is 97.3 Å². The second kappa shape index (κ2) is 10.4. The summed E-state index contributed by atoms with van der Waals surface area (Å²) in [6.07, 6.45) is 0.359. The van der Waals surface area contributed by atoms with Gasteiger partial charge in [0.05, 0.1) is 22.3 Å². The van der Waals surface area contributed by atoms with Gasteiger partial charge in [-0.25, -0.2) is 0 Å². The second-order valence-corrected chi connectivity index (χ2v) is 11.0. The van der Waals surface area contributed by atoms with E-state index in [0.29, 0.717) is 33.3 Å². The van der Waals surface area contributed by atoms with Crippen LogP contribution in [-0.2, 0) is 19.1 Å². The molecule has 8 heteroatoms. The van der Waals surface area contributed by atoms with Gasteiger partial charge in [0, 0.05) is 34.4 Å². The Kier molecular flexibility index (Phi) is 7.26. The van der Waals surface area contributed by atoms with Crippen LogP contribution in [0.25, 0.3) is 0 Å². The zero-order valence-electron chi connectivity index (χ0n) is 20.4. The maximum atomic E-state index is 14.4. The van der Waals surface area contributed by atoms with Crippen LogP contribution >= 0.6 is 34.5 Å². The molecule has 2 aromatic carbocycles. The van der Waals surface area contributed by atoms with E-state index in [9.17, 15) is 14.4 Å². The van der Waals surface area contributed by atoms with Crippen LogP contribution in [0.3, 0.4) is 0 Å². The zero-order chi connectivity index (χ0) is 26.3. The summed E-state index contributed by atoms with van der Waals surface area (Å²) in [7, 11) is 0. The number of Topliss-reactive ketones (excluding diaryl/α,β-unsaturated/α-hetero) is 1. The van der Waals surface area contributed by atoms with Gasteiger partial charge >= 0.3 is 5.97 Å². The van der Waals surface area contributed by atoms with E-state index in [2.05, 4.69) is 0 Å². The number of ketones is 1. The quantitative estimate of drug-likeness (QED) is 0.250. The lowest BCUT2D eigenvalue weighted by Gasteiger charge is -2.42. The number of hydrogen-bond donors (Lipinski definition) is 0. The minimum atomic E-state index is -1.01. The van der Waals surface area contributed by atoms with Crippen LogP contribution in [0.1, 0.15) is 47.6 Å². The molecule has 0 N–H and O–H groups in total. The maximum absolute atomic E-state index is 14.4. The van der Waals surface area contributed by atoms with Crippen molar-refractivity contribution in [3.63, 3.8) is 0 Å². The van der Waals surface area contributed by atoms with Crippen molar-refractivity contribution < 1.29 is 19.1 Å². The minimum Gasteiger partial charge on any atom is -0.465 e. The van der Waals surface area contributed by atoms with Crippen molar-refractivity contribution in [2.24, 2.45) is 5.92 Å². The number of thiophene rings is 1. The smallest absolute Gasteiger partial charge is 0.317 e. The molecule has 2 aliphatic rings. The lowest BCUT2D eigenvalue weighted by Crippen LogP contribution is -2.46. The van der Waals surface area contributed by atoms with Crippen LogP contribution in [0.5, 0.6) is 0 Å². The molecule has 1 aliphatic carbocycles. The molecule has 5 nitrogen and oxygen atoms in total. The van der Waals surface area contributed by atoms with Gasteiger partial charge in [0.2, 0.25) is 5.91 Å². The van der Waals surface area contributed by atoms with Crippen molar-refractivity contribution in [1.82, 2.24) is 0 Å². The molecule has 3 unspecified atom stereocenters. The first-order valence-electron chi connectivity index (χ1n) is 12.1. The van der Waals surface area contributed by atoms with E-state index in [0.717, 1.165) is 16.1 Å². The zero-order valence-corrected chi connectivity index (χ0v) is 22.7. The molecular weight excluding hydrogens is 529 g/mol. The van der Waals surface area contributed by atoms with E-state index in [1.54, 1.807) is 30.0 Å². The molecule has 1 amide bonds. The van der Waals surface area contributed by atoms with Crippen molar-refractivity contribution in [1.29, 1.82) is 0 Å². The monoisotopic (exact) mass is 553 g/mol. The second-order valence-electron chi connectivity index (χ2n) is 9.20. The number of anilines is 1. The number of allylic oxidation sites excluding steroid dienone is 2. The summed E-state index contributed by atoms with van der Waals surface area (Å²) in [4.78, 5) is 44.0. The molecule has 0 bridgehead atoms. The van der Waals surface area contributed by atoms with Gasteiger partial charge in [-0.1, -0.05) is 59.6 Å². The average Bonchev–Trinajstić information content (AvgIpc) is 3.41. The molecule has 0 spiro atoms. The molecule has 5 rings (SSSR count). The number of esters is 1. The van der Waals surface area contributed by atoms with E-state index in [1.807, 2.05) is 48.7 Å². The highest BCUT2D eigenvalue weighted by Gasteiger charge is 2.50. The van der Waals surface area contributed by atoms with Crippen molar-refractivity contribution in [3.8, 4) is 0 Å². The Labute approximate surface area is 229 Å². The number of aryl methyl sites for hydroxylation is 1. The van der Waals surface area contributed by atoms with Crippen LogP contribution in [0.2, 0.25) is 10.0 Å². The summed E-state index contributed by atoms with van der Waals surface area (Å²) in [6, 6.07) is 16.6.